The normalized spacial score (nSPS) is 10.5. The van der Waals surface area contributed by atoms with Crippen molar-refractivity contribution < 1.29 is 0 Å². The number of nitrogens with zero attached hydrogens (tertiary/aromatic N) is 1. The Balaban J connectivity index is 2.28. The van der Waals surface area contributed by atoms with Crippen molar-refractivity contribution >= 4 is 11.3 Å². The van der Waals surface area contributed by atoms with Gasteiger partial charge in [0, 0.05) is 11.4 Å². The van der Waals surface area contributed by atoms with E-state index < -0.39 is 0 Å². The van der Waals surface area contributed by atoms with Crippen molar-refractivity contribution in [3.63, 3.8) is 0 Å². The van der Waals surface area contributed by atoms with Gasteiger partial charge in [0.25, 0.3) is 0 Å². The van der Waals surface area contributed by atoms with E-state index in [1.54, 1.807) is 11.3 Å². The first-order valence-corrected chi connectivity index (χ1v) is 6.31. The van der Waals surface area contributed by atoms with Gasteiger partial charge < -0.3 is 5.32 Å². The molecule has 0 amide bonds. The van der Waals surface area contributed by atoms with Crippen LogP contribution >= 0.6 is 11.3 Å². The molecule has 82 valence electrons. The molecule has 0 fully saturated rings. The summed E-state index contributed by atoms with van der Waals surface area (Å²) in [5.41, 5.74) is 0. The van der Waals surface area contributed by atoms with E-state index in [0.29, 0.717) is 0 Å². The average Bonchev–Trinajstić information content (AvgIpc) is 2.72. The van der Waals surface area contributed by atoms with E-state index in [2.05, 4.69) is 25.2 Å². The highest BCUT2D eigenvalue weighted by atomic mass is 32.1. The highest BCUT2D eigenvalue weighted by molar-refractivity contribution is 7.12. The summed E-state index contributed by atoms with van der Waals surface area (Å²) in [4.78, 5) is 2.05. The summed E-state index contributed by atoms with van der Waals surface area (Å²) in [5.74, 6) is 0.778. The fourth-order valence-electron chi connectivity index (χ4n) is 1.51. The highest BCUT2D eigenvalue weighted by Gasteiger charge is 2.03. The third kappa shape index (κ3) is 4.03. The van der Waals surface area contributed by atoms with Crippen LogP contribution in [-0.2, 0) is 6.54 Å². The summed E-state index contributed by atoms with van der Waals surface area (Å²) in [6.07, 6.45) is 2.47. The molecule has 0 saturated carbocycles. The molecule has 0 aliphatic rings. The van der Waals surface area contributed by atoms with Crippen LogP contribution in [0.15, 0.2) is 12.1 Å². The van der Waals surface area contributed by atoms with Crippen molar-refractivity contribution in [2.24, 2.45) is 5.92 Å². The molecule has 0 aliphatic carbocycles. The smallest absolute Gasteiger partial charge is 0.110 e. The van der Waals surface area contributed by atoms with Crippen LogP contribution in [0.4, 0.5) is 0 Å². The lowest BCUT2D eigenvalue weighted by molar-refractivity contribution is 0.450. The van der Waals surface area contributed by atoms with Crippen LogP contribution in [0, 0.1) is 17.2 Å². The zero-order valence-corrected chi connectivity index (χ0v) is 10.2. The number of nitriles is 1. The second kappa shape index (κ2) is 6.60. The Hall–Kier alpha value is -0.850. The van der Waals surface area contributed by atoms with Crippen LogP contribution < -0.4 is 5.32 Å². The Morgan fingerprint density at radius 3 is 2.67 bits per heavy atom. The van der Waals surface area contributed by atoms with Gasteiger partial charge in [-0.1, -0.05) is 26.7 Å². The third-order valence-electron chi connectivity index (χ3n) is 2.66. The fourth-order valence-corrected chi connectivity index (χ4v) is 2.28. The van der Waals surface area contributed by atoms with E-state index in [1.165, 1.54) is 17.7 Å². The minimum absolute atomic E-state index is 0.778. The van der Waals surface area contributed by atoms with Gasteiger partial charge in [0.1, 0.15) is 10.9 Å². The summed E-state index contributed by atoms with van der Waals surface area (Å²) in [5, 5.41) is 12.1. The van der Waals surface area contributed by atoms with Gasteiger partial charge in [-0.2, -0.15) is 5.26 Å². The highest BCUT2D eigenvalue weighted by Crippen LogP contribution is 2.15. The predicted octanol–water partition coefficient (Wildman–Crippen LogP) is 3.15. The minimum atomic E-state index is 0.778. The molecule has 0 aliphatic heterocycles. The molecule has 2 nitrogen and oxygen atoms in total. The van der Waals surface area contributed by atoms with E-state index in [4.69, 9.17) is 5.26 Å². The number of hydrogen-bond acceptors (Lipinski definition) is 3. The molecular weight excluding hydrogens is 204 g/mol. The largest absolute Gasteiger partial charge is 0.312 e. The maximum atomic E-state index is 8.68. The minimum Gasteiger partial charge on any atom is -0.312 e. The molecule has 0 radical (unpaired) electrons. The first-order valence-electron chi connectivity index (χ1n) is 5.49. The van der Waals surface area contributed by atoms with E-state index >= 15 is 0 Å². The van der Waals surface area contributed by atoms with Crippen LogP contribution in [0.2, 0.25) is 0 Å². The summed E-state index contributed by atoms with van der Waals surface area (Å²) < 4.78 is 0. The molecule has 0 bridgehead atoms. The SMILES string of the molecule is CCC(CC)CNCc1ccc(C#N)s1. The van der Waals surface area contributed by atoms with E-state index in [1.807, 2.05) is 12.1 Å². The Morgan fingerprint density at radius 2 is 2.13 bits per heavy atom. The van der Waals surface area contributed by atoms with Crippen LogP contribution in [-0.4, -0.2) is 6.54 Å². The molecule has 0 saturated heterocycles. The Morgan fingerprint density at radius 1 is 1.40 bits per heavy atom. The van der Waals surface area contributed by atoms with Crippen molar-refractivity contribution in [3.05, 3.63) is 21.9 Å². The van der Waals surface area contributed by atoms with E-state index in [0.717, 1.165) is 23.9 Å². The van der Waals surface area contributed by atoms with Gasteiger partial charge in [-0.05, 0) is 24.6 Å². The van der Waals surface area contributed by atoms with Gasteiger partial charge in [-0.25, -0.2) is 0 Å². The molecule has 0 spiro atoms. The Bertz CT molecular complexity index is 321. The summed E-state index contributed by atoms with van der Waals surface area (Å²) in [6, 6.07) is 6.08. The van der Waals surface area contributed by atoms with Gasteiger partial charge in [0.05, 0.1) is 0 Å². The van der Waals surface area contributed by atoms with Gasteiger partial charge in [-0.15, -0.1) is 11.3 Å². The fraction of sp³-hybridized carbons (Fsp3) is 0.583. The third-order valence-corrected chi connectivity index (χ3v) is 3.65. The summed E-state index contributed by atoms with van der Waals surface area (Å²) in [6.45, 7) is 6.43. The molecule has 0 unspecified atom stereocenters. The average molecular weight is 222 g/mol. The van der Waals surface area contributed by atoms with E-state index in [-0.39, 0.29) is 0 Å². The number of thiophene rings is 1. The summed E-state index contributed by atoms with van der Waals surface area (Å²) >= 11 is 1.58. The lowest BCUT2D eigenvalue weighted by Gasteiger charge is -2.12. The molecule has 1 aromatic heterocycles. The first kappa shape index (κ1) is 12.2. The van der Waals surface area contributed by atoms with E-state index in [9.17, 15) is 0 Å². The zero-order valence-electron chi connectivity index (χ0n) is 9.42. The molecule has 1 N–H and O–H groups in total. The van der Waals surface area contributed by atoms with Crippen molar-refractivity contribution in [2.45, 2.75) is 33.2 Å². The first-order chi connectivity index (χ1) is 7.30. The van der Waals surface area contributed by atoms with Gasteiger partial charge in [0.15, 0.2) is 0 Å². The van der Waals surface area contributed by atoms with Crippen LogP contribution in [0.1, 0.15) is 36.4 Å². The molecule has 15 heavy (non-hydrogen) atoms. The summed E-state index contributed by atoms with van der Waals surface area (Å²) in [7, 11) is 0. The standard InChI is InChI=1S/C12H18N2S/c1-3-10(4-2)8-14-9-12-6-5-11(7-13)15-12/h5-6,10,14H,3-4,8-9H2,1-2H3. The lowest BCUT2D eigenvalue weighted by atomic mass is 10.0. The quantitative estimate of drug-likeness (QED) is 0.802. The van der Waals surface area contributed by atoms with Crippen molar-refractivity contribution in [2.75, 3.05) is 6.54 Å². The molecule has 1 aromatic rings. The molecule has 1 rings (SSSR count). The monoisotopic (exact) mass is 222 g/mol. The number of rotatable bonds is 6. The Labute approximate surface area is 95.9 Å². The van der Waals surface area contributed by atoms with Gasteiger partial charge >= 0.3 is 0 Å². The van der Waals surface area contributed by atoms with Crippen LogP contribution in [0.3, 0.4) is 0 Å². The molecule has 0 atom stereocenters. The molecular formula is C12H18N2S. The van der Waals surface area contributed by atoms with Crippen LogP contribution in [0.5, 0.6) is 0 Å². The second-order valence-corrected chi connectivity index (χ2v) is 4.86. The molecule has 3 heteroatoms. The van der Waals surface area contributed by atoms with Crippen LogP contribution in [0.25, 0.3) is 0 Å². The predicted molar refractivity (Wildman–Crippen MR) is 64.8 cm³/mol. The van der Waals surface area contributed by atoms with Crippen molar-refractivity contribution in [1.82, 2.24) is 5.32 Å². The topological polar surface area (TPSA) is 35.8 Å². The lowest BCUT2D eigenvalue weighted by Crippen LogP contribution is -2.21. The van der Waals surface area contributed by atoms with Gasteiger partial charge in [0.2, 0.25) is 0 Å². The molecule has 1 heterocycles. The van der Waals surface area contributed by atoms with Gasteiger partial charge in [-0.3, -0.25) is 0 Å². The van der Waals surface area contributed by atoms with Crippen molar-refractivity contribution in [1.29, 1.82) is 5.26 Å². The second-order valence-electron chi connectivity index (χ2n) is 3.69. The maximum Gasteiger partial charge on any atom is 0.110 e. The van der Waals surface area contributed by atoms with Crippen molar-refractivity contribution in [3.8, 4) is 6.07 Å². The number of nitrogens with one attached hydrogen (secondary N) is 1. The molecule has 0 aromatic carbocycles. The maximum absolute atomic E-state index is 8.68. The zero-order chi connectivity index (χ0) is 11.1. The Kier molecular flexibility index (Phi) is 5.38. The number of hydrogen-bond donors (Lipinski definition) is 1.